The highest BCUT2D eigenvalue weighted by molar-refractivity contribution is 5.97. The van der Waals surface area contributed by atoms with Crippen LogP contribution in [0, 0.1) is 5.92 Å². The predicted molar refractivity (Wildman–Crippen MR) is 111 cm³/mol. The molecule has 1 saturated carbocycles. The number of methoxy groups -OCH3 is 2. The predicted octanol–water partition coefficient (Wildman–Crippen LogP) is 2.16. The van der Waals surface area contributed by atoms with Crippen LogP contribution in [0.1, 0.15) is 43.0 Å². The highest BCUT2D eigenvalue weighted by Gasteiger charge is 2.37. The Labute approximate surface area is 173 Å². The molecule has 3 rings (SSSR count). The molecule has 7 heteroatoms. The van der Waals surface area contributed by atoms with Gasteiger partial charge in [-0.3, -0.25) is 14.5 Å². The van der Waals surface area contributed by atoms with Crippen LogP contribution in [0.3, 0.4) is 0 Å². The molecule has 2 aliphatic rings. The van der Waals surface area contributed by atoms with Crippen LogP contribution < -0.4 is 14.8 Å². The minimum Gasteiger partial charge on any atom is -0.497 e. The summed E-state index contributed by atoms with van der Waals surface area (Å²) in [7, 11) is 3.15. The van der Waals surface area contributed by atoms with Gasteiger partial charge in [0.25, 0.3) is 5.91 Å². The van der Waals surface area contributed by atoms with E-state index in [1.165, 1.54) is 12.8 Å². The molecule has 1 aromatic rings. The molecule has 0 spiro atoms. The number of ether oxygens (including phenoxy) is 2. The Kier molecular flexibility index (Phi) is 7.36. The van der Waals surface area contributed by atoms with Gasteiger partial charge >= 0.3 is 0 Å². The zero-order valence-electron chi connectivity index (χ0n) is 17.8. The van der Waals surface area contributed by atoms with Gasteiger partial charge in [-0.25, -0.2) is 0 Å². The van der Waals surface area contributed by atoms with Crippen LogP contribution in [0.4, 0.5) is 0 Å². The number of hydrogen-bond donors (Lipinski definition) is 1. The fourth-order valence-electron chi connectivity index (χ4n) is 4.58. The van der Waals surface area contributed by atoms with Gasteiger partial charge in [-0.15, -0.1) is 0 Å². The molecule has 160 valence electrons. The summed E-state index contributed by atoms with van der Waals surface area (Å²) in [5, 5.41) is 3.02. The minimum atomic E-state index is -0.0785. The van der Waals surface area contributed by atoms with Crippen LogP contribution in [0.25, 0.3) is 0 Å². The Morgan fingerprint density at radius 3 is 2.38 bits per heavy atom. The van der Waals surface area contributed by atoms with E-state index in [4.69, 9.17) is 9.47 Å². The van der Waals surface area contributed by atoms with Gasteiger partial charge in [0.15, 0.2) is 0 Å². The summed E-state index contributed by atoms with van der Waals surface area (Å²) >= 11 is 0. The molecule has 1 aliphatic heterocycles. The van der Waals surface area contributed by atoms with E-state index >= 15 is 0 Å². The molecular weight excluding hydrogens is 370 g/mol. The van der Waals surface area contributed by atoms with Crippen molar-refractivity contribution < 1.29 is 19.1 Å². The maximum absolute atomic E-state index is 13.1. The number of nitrogens with zero attached hydrogens (tertiary/aromatic N) is 2. The lowest BCUT2D eigenvalue weighted by Gasteiger charge is -2.40. The van der Waals surface area contributed by atoms with Crippen molar-refractivity contribution in [2.24, 2.45) is 5.92 Å². The van der Waals surface area contributed by atoms with Crippen molar-refractivity contribution in [1.29, 1.82) is 0 Å². The first-order chi connectivity index (χ1) is 14.1. The van der Waals surface area contributed by atoms with E-state index in [2.05, 4.69) is 10.2 Å². The first-order valence-electron chi connectivity index (χ1n) is 10.6. The summed E-state index contributed by atoms with van der Waals surface area (Å²) in [5.41, 5.74) is 0.540. The monoisotopic (exact) mass is 403 g/mol. The van der Waals surface area contributed by atoms with Gasteiger partial charge in [0.05, 0.1) is 25.8 Å². The number of piperazine rings is 1. The van der Waals surface area contributed by atoms with Crippen molar-refractivity contribution in [2.75, 3.05) is 46.9 Å². The largest absolute Gasteiger partial charge is 0.497 e. The number of likely N-dealkylation sites (N-methyl/N-ethyl adjacent to an activating group) is 1. The van der Waals surface area contributed by atoms with Gasteiger partial charge in [-0.1, -0.05) is 12.8 Å². The van der Waals surface area contributed by atoms with E-state index in [-0.39, 0.29) is 17.9 Å². The Morgan fingerprint density at radius 2 is 1.79 bits per heavy atom. The second-order valence-corrected chi connectivity index (χ2v) is 7.78. The highest BCUT2D eigenvalue weighted by Crippen LogP contribution is 2.31. The maximum Gasteiger partial charge on any atom is 0.257 e. The summed E-state index contributed by atoms with van der Waals surface area (Å²) in [6.45, 7) is 5.25. The number of amides is 2. The van der Waals surface area contributed by atoms with Crippen LogP contribution in [0.2, 0.25) is 0 Å². The zero-order chi connectivity index (χ0) is 20.8. The van der Waals surface area contributed by atoms with Crippen molar-refractivity contribution in [2.45, 2.75) is 38.6 Å². The third kappa shape index (κ3) is 4.83. The van der Waals surface area contributed by atoms with Crippen molar-refractivity contribution in [1.82, 2.24) is 15.1 Å². The molecule has 0 bridgehead atoms. The number of hydrogen-bond acceptors (Lipinski definition) is 5. The van der Waals surface area contributed by atoms with Gasteiger partial charge < -0.3 is 19.7 Å². The van der Waals surface area contributed by atoms with Crippen molar-refractivity contribution >= 4 is 11.8 Å². The minimum absolute atomic E-state index is 0.0421. The lowest BCUT2D eigenvalue weighted by Crippen LogP contribution is -2.58. The van der Waals surface area contributed by atoms with Crippen LogP contribution >= 0.6 is 0 Å². The first-order valence-corrected chi connectivity index (χ1v) is 10.6. The molecule has 1 N–H and O–H groups in total. The van der Waals surface area contributed by atoms with Crippen LogP contribution in [0.15, 0.2) is 18.2 Å². The van der Waals surface area contributed by atoms with Gasteiger partial charge in [0, 0.05) is 38.8 Å². The lowest BCUT2D eigenvalue weighted by molar-refractivity contribution is -0.129. The Hall–Kier alpha value is -2.28. The van der Waals surface area contributed by atoms with Gasteiger partial charge in [-0.2, -0.15) is 0 Å². The molecule has 2 amide bonds. The standard InChI is InChI=1S/C22H33N3O4/c1-4-23-21(26)20(16-7-5-6-8-16)24-11-13-25(14-12-24)22(27)18-10-9-17(28-2)15-19(18)29-3/h9-10,15-16,20H,4-8,11-14H2,1-3H3,(H,23,26)/t20-/m1/s1. The number of carbonyl (C=O) groups is 2. The number of carbonyl (C=O) groups excluding carboxylic acids is 2. The van der Waals surface area contributed by atoms with Gasteiger partial charge in [-0.05, 0) is 37.8 Å². The molecule has 0 unspecified atom stereocenters. The normalized spacial score (nSPS) is 19.1. The van der Waals surface area contributed by atoms with E-state index in [0.29, 0.717) is 55.7 Å². The highest BCUT2D eigenvalue weighted by atomic mass is 16.5. The quantitative estimate of drug-likeness (QED) is 0.755. The third-order valence-corrected chi connectivity index (χ3v) is 6.10. The van der Waals surface area contributed by atoms with E-state index in [9.17, 15) is 9.59 Å². The van der Waals surface area contributed by atoms with E-state index in [1.807, 2.05) is 11.8 Å². The average molecular weight is 404 g/mol. The summed E-state index contributed by atoms with van der Waals surface area (Å²) < 4.78 is 10.6. The maximum atomic E-state index is 13.1. The SMILES string of the molecule is CCNC(=O)[C@@H](C1CCCC1)N1CCN(C(=O)c2ccc(OC)cc2OC)CC1. The number of nitrogens with one attached hydrogen (secondary N) is 1. The number of rotatable bonds is 7. The lowest BCUT2D eigenvalue weighted by atomic mass is 9.95. The third-order valence-electron chi connectivity index (χ3n) is 6.10. The fourth-order valence-corrected chi connectivity index (χ4v) is 4.58. The second-order valence-electron chi connectivity index (χ2n) is 7.78. The summed E-state index contributed by atoms with van der Waals surface area (Å²) in [4.78, 5) is 29.9. The van der Waals surface area contributed by atoms with Crippen molar-refractivity contribution in [3.63, 3.8) is 0 Å². The summed E-state index contributed by atoms with van der Waals surface area (Å²) in [5.74, 6) is 1.69. The van der Waals surface area contributed by atoms with Crippen LogP contribution in [-0.2, 0) is 4.79 Å². The zero-order valence-corrected chi connectivity index (χ0v) is 17.8. The van der Waals surface area contributed by atoms with Gasteiger partial charge in [0.1, 0.15) is 11.5 Å². The van der Waals surface area contributed by atoms with Crippen LogP contribution in [0.5, 0.6) is 11.5 Å². The Morgan fingerprint density at radius 1 is 1.10 bits per heavy atom. The summed E-state index contributed by atoms with van der Waals surface area (Å²) in [6.07, 6.45) is 4.64. The van der Waals surface area contributed by atoms with Gasteiger partial charge in [0.2, 0.25) is 5.91 Å². The summed E-state index contributed by atoms with van der Waals surface area (Å²) in [6, 6.07) is 5.18. The van der Waals surface area contributed by atoms with Crippen molar-refractivity contribution in [3.05, 3.63) is 23.8 Å². The molecule has 1 heterocycles. The van der Waals surface area contributed by atoms with Crippen LogP contribution in [-0.4, -0.2) is 74.6 Å². The second kappa shape index (κ2) is 9.96. The molecule has 1 aliphatic carbocycles. The molecular formula is C22H33N3O4. The van der Waals surface area contributed by atoms with Crippen molar-refractivity contribution in [3.8, 4) is 11.5 Å². The fraction of sp³-hybridized carbons (Fsp3) is 0.636. The topological polar surface area (TPSA) is 71.1 Å². The van der Waals surface area contributed by atoms with E-state index < -0.39 is 0 Å². The number of benzene rings is 1. The Bertz CT molecular complexity index is 710. The first kappa shape index (κ1) is 21.4. The molecule has 0 radical (unpaired) electrons. The molecule has 1 saturated heterocycles. The molecule has 29 heavy (non-hydrogen) atoms. The molecule has 1 aromatic carbocycles. The van der Waals surface area contributed by atoms with E-state index in [0.717, 1.165) is 12.8 Å². The smallest absolute Gasteiger partial charge is 0.257 e. The average Bonchev–Trinajstić information content (AvgIpc) is 3.28. The van der Waals surface area contributed by atoms with E-state index in [1.54, 1.807) is 32.4 Å². The Balaban J connectivity index is 1.67. The molecule has 0 aromatic heterocycles. The molecule has 1 atom stereocenters. The molecule has 7 nitrogen and oxygen atoms in total. The molecule has 2 fully saturated rings.